The van der Waals surface area contributed by atoms with Crippen LogP contribution in [0.2, 0.25) is 0 Å². The number of nitrogens with one attached hydrogen (secondary N) is 1. The number of nitriles is 1. The maximum Gasteiger partial charge on any atom is 0.356 e. The summed E-state index contributed by atoms with van der Waals surface area (Å²) in [4.78, 5) is 24.3. The Morgan fingerprint density at radius 2 is 1.82 bits per heavy atom. The van der Waals surface area contributed by atoms with Crippen molar-refractivity contribution in [2.24, 2.45) is 0 Å². The molecule has 0 aliphatic rings. The quantitative estimate of drug-likeness (QED) is 0.460. The number of amides is 1. The van der Waals surface area contributed by atoms with Crippen molar-refractivity contribution in [2.75, 3.05) is 20.8 Å². The number of carbonyl (C=O) groups excluding carboxylic acids is 1. The van der Waals surface area contributed by atoms with Crippen LogP contribution in [0.3, 0.4) is 0 Å². The highest BCUT2D eigenvalue weighted by Gasteiger charge is 2.24. The third-order valence-electron chi connectivity index (χ3n) is 5.27. The Morgan fingerprint density at radius 3 is 2.38 bits per heavy atom. The molecule has 0 aliphatic carbocycles. The maximum absolute atomic E-state index is 12.5. The third-order valence-corrected chi connectivity index (χ3v) is 5.27. The van der Waals surface area contributed by atoms with Crippen molar-refractivity contribution >= 4 is 11.9 Å². The first-order chi connectivity index (χ1) is 16.3. The van der Waals surface area contributed by atoms with Crippen molar-refractivity contribution in [1.29, 1.82) is 5.26 Å². The van der Waals surface area contributed by atoms with E-state index in [9.17, 15) is 14.7 Å². The molecule has 0 atom stereocenters. The summed E-state index contributed by atoms with van der Waals surface area (Å²) < 4.78 is 12.6. The summed E-state index contributed by atoms with van der Waals surface area (Å²) in [7, 11) is 3.05. The zero-order valence-electron chi connectivity index (χ0n) is 19.5. The van der Waals surface area contributed by atoms with Crippen LogP contribution in [-0.2, 0) is 0 Å². The van der Waals surface area contributed by atoms with Gasteiger partial charge in [0, 0.05) is 12.1 Å². The number of carboxylic acids is 1. The highest BCUT2D eigenvalue weighted by molar-refractivity contribution is 5.95. The summed E-state index contributed by atoms with van der Waals surface area (Å²) in [6.07, 6.45) is 0.218. The number of methoxy groups -OCH3 is 2. The van der Waals surface area contributed by atoms with Crippen LogP contribution in [0, 0.1) is 11.3 Å². The van der Waals surface area contributed by atoms with Gasteiger partial charge < -0.3 is 19.9 Å². The summed E-state index contributed by atoms with van der Waals surface area (Å²) in [6, 6.07) is 13.9. The van der Waals surface area contributed by atoms with Gasteiger partial charge in [-0.15, -0.1) is 0 Å². The van der Waals surface area contributed by atoms with Crippen molar-refractivity contribution in [3.63, 3.8) is 0 Å². The molecule has 0 fully saturated rings. The van der Waals surface area contributed by atoms with Gasteiger partial charge in [0.1, 0.15) is 11.5 Å². The zero-order chi connectivity index (χ0) is 24.8. The van der Waals surface area contributed by atoms with E-state index in [4.69, 9.17) is 14.7 Å². The topological polar surface area (TPSA) is 126 Å². The Kier molecular flexibility index (Phi) is 7.53. The smallest absolute Gasteiger partial charge is 0.356 e. The second kappa shape index (κ2) is 10.5. The number of carboxylic acid groups (broad SMARTS) is 1. The average Bonchev–Trinajstić information content (AvgIpc) is 3.28. The largest absolute Gasteiger partial charge is 0.496 e. The minimum atomic E-state index is -1.17. The van der Waals surface area contributed by atoms with Gasteiger partial charge in [0.05, 0.1) is 43.7 Å². The first-order valence-electron chi connectivity index (χ1n) is 10.7. The number of carbonyl (C=O) groups is 2. The van der Waals surface area contributed by atoms with Crippen molar-refractivity contribution in [1.82, 2.24) is 15.1 Å². The van der Waals surface area contributed by atoms with Gasteiger partial charge in [0.2, 0.25) is 0 Å². The van der Waals surface area contributed by atoms with Gasteiger partial charge in [0.15, 0.2) is 5.69 Å². The highest BCUT2D eigenvalue weighted by Crippen LogP contribution is 2.40. The molecule has 9 heteroatoms. The first kappa shape index (κ1) is 24.3. The number of hydrogen-bond donors (Lipinski definition) is 2. The zero-order valence-corrected chi connectivity index (χ0v) is 19.5. The maximum atomic E-state index is 12.5. The minimum absolute atomic E-state index is 0.00764. The van der Waals surface area contributed by atoms with E-state index in [0.29, 0.717) is 34.0 Å². The molecule has 0 radical (unpaired) electrons. The number of nitrogens with zero attached hydrogens (tertiary/aromatic N) is 3. The van der Waals surface area contributed by atoms with Crippen LogP contribution in [0.1, 0.15) is 52.6 Å². The molecule has 0 aliphatic heterocycles. The molecule has 0 saturated carbocycles. The van der Waals surface area contributed by atoms with Crippen LogP contribution in [0.25, 0.3) is 16.9 Å². The van der Waals surface area contributed by atoms with Crippen molar-refractivity contribution in [3.8, 4) is 34.5 Å². The fraction of sp³-hybridized carbons (Fsp3) is 0.280. The Hall–Kier alpha value is -4.32. The van der Waals surface area contributed by atoms with Gasteiger partial charge in [-0.1, -0.05) is 19.9 Å². The van der Waals surface area contributed by atoms with E-state index in [1.807, 2.05) is 19.9 Å². The molecule has 9 nitrogen and oxygen atoms in total. The first-order valence-corrected chi connectivity index (χ1v) is 10.7. The van der Waals surface area contributed by atoms with E-state index < -0.39 is 5.97 Å². The Balaban J connectivity index is 2.22. The molecule has 1 aromatic heterocycles. The summed E-state index contributed by atoms with van der Waals surface area (Å²) in [5, 5.41) is 25.4. The lowest BCUT2D eigenvalue weighted by Gasteiger charge is -2.18. The van der Waals surface area contributed by atoms with Crippen LogP contribution in [-0.4, -0.2) is 47.5 Å². The lowest BCUT2D eigenvalue weighted by molar-refractivity contribution is 0.0689. The predicted octanol–water partition coefficient (Wildman–Crippen LogP) is 4.02. The fourth-order valence-electron chi connectivity index (χ4n) is 3.64. The number of rotatable bonds is 9. The molecule has 0 saturated heterocycles. The predicted molar refractivity (Wildman–Crippen MR) is 126 cm³/mol. The molecule has 0 spiro atoms. The summed E-state index contributed by atoms with van der Waals surface area (Å²) in [5.74, 6) is -0.476. The van der Waals surface area contributed by atoms with E-state index in [2.05, 4.69) is 10.4 Å². The van der Waals surface area contributed by atoms with Crippen molar-refractivity contribution in [3.05, 3.63) is 59.3 Å². The van der Waals surface area contributed by atoms with Crippen molar-refractivity contribution < 1.29 is 24.2 Å². The number of ether oxygens (including phenoxy) is 2. The minimum Gasteiger partial charge on any atom is -0.496 e. The summed E-state index contributed by atoms with van der Waals surface area (Å²) in [5.41, 5.74) is 2.74. The standard InChI is InChI=1S/C25H26N4O5/c1-15(2)17-13-16(24(30)27-12-6-11-26)9-10-19(17)29-20(14-18(28-29)25(31)32)23-21(33-3)7-5-8-22(23)34-4/h5,7-10,13-15H,6,12H2,1-4H3,(H,27,30)(H,31,32). The molecular weight excluding hydrogens is 436 g/mol. The number of aromatic carboxylic acids is 1. The van der Waals surface area contributed by atoms with Crippen LogP contribution in [0.5, 0.6) is 11.5 Å². The SMILES string of the molecule is COc1cccc(OC)c1-c1cc(C(=O)O)nn1-c1ccc(C(=O)NCCC#N)cc1C(C)C. The molecular formula is C25H26N4O5. The second-order valence-electron chi connectivity index (χ2n) is 7.76. The Bertz CT molecular complexity index is 1230. The molecule has 176 valence electrons. The molecule has 3 rings (SSSR count). The van der Waals surface area contributed by atoms with Gasteiger partial charge in [-0.25, -0.2) is 9.48 Å². The molecule has 1 amide bonds. The van der Waals surface area contributed by atoms with Gasteiger partial charge in [0.25, 0.3) is 5.91 Å². The molecule has 3 aromatic rings. The van der Waals surface area contributed by atoms with Crippen LogP contribution >= 0.6 is 0 Å². The van der Waals surface area contributed by atoms with Gasteiger partial charge in [-0.05, 0) is 47.9 Å². The fourth-order valence-corrected chi connectivity index (χ4v) is 3.64. The van der Waals surface area contributed by atoms with Crippen molar-refractivity contribution in [2.45, 2.75) is 26.2 Å². The third kappa shape index (κ3) is 4.86. The number of benzene rings is 2. The number of aromatic nitrogens is 2. The van der Waals surface area contributed by atoms with Crippen LogP contribution in [0.15, 0.2) is 42.5 Å². The molecule has 1 heterocycles. The highest BCUT2D eigenvalue weighted by atomic mass is 16.5. The lowest BCUT2D eigenvalue weighted by Crippen LogP contribution is -2.24. The van der Waals surface area contributed by atoms with E-state index >= 15 is 0 Å². The summed E-state index contributed by atoms with van der Waals surface area (Å²) >= 11 is 0. The normalized spacial score (nSPS) is 10.6. The molecule has 2 aromatic carbocycles. The average molecular weight is 463 g/mol. The van der Waals surface area contributed by atoms with E-state index in [1.165, 1.54) is 25.0 Å². The van der Waals surface area contributed by atoms with E-state index in [1.54, 1.807) is 36.4 Å². The molecule has 2 N–H and O–H groups in total. The molecule has 0 unspecified atom stereocenters. The molecule has 34 heavy (non-hydrogen) atoms. The second-order valence-corrected chi connectivity index (χ2v) is 7.76. The van der Waals surface area contributed by atoms with Gasteiger partial charge in [-0.3, -0.25) is 4.79 Å². The van der Waals surface area contributed by atoms with Gasteiger partial charge in [-0.2, -0.15) is 10.4 Å². The van der Waals surface area contributed by atoms with E-state index in [0.717, 1.165) is 5.56 Å². The van der Waals surface area contributed by atoms with E-state index in [-0.39, 0.29) is 30.5 Å². The number of hydrogen-bond acceptors (Lipinski definition) is 6. The van der Waals surface area contributed by atoms with Crippen LogP contribution < -0.4 is 14.8 Å². The van der Waals surface area contributed by atoms with Gasteiger partial charge >= 0.3 is 5.97 Å². The lowest BCUT2D eigenvalue weighted by atomic mass is 9.97. The summed E-state index contributed by atoms with van der Waals surface area (Å²) in [6.45, 7) is 4.20. The molecule has 0 bridgehead atoms. The Morgan fingerprint density at radius 1 is 1.15 bits per heavy atom. The Labute approximate surface area is 197 Å². The van der Waals surface area contributed by atoms with Crippen LogP contribution in [0.4, 0.5) is 0 Å². The monoisotopic (exact) mass is 462 g/mol.